The summed E-state index contributed by atoms with van der Waals surface area (Å²) in [5.41, 5.74) is 3.51. The second kappa shape index (κ2) is 6.27. The second-order valence-corrected chi connectivity index (χ2v) is 4.70. The molecular formula is C16H14N2O5. The number of phenolic OH excluding ortho intramolecular Hbond substituents is 1. The lowest BCUT2D eigenvalue weighted by Gasteiger charge is -2.04. The largest absolute Gasteiger partial charge is 0.504 e. The van der Waals surface area contributed by atoms with Crippen molar-refractivity contribution in [1.82, 2.24) is 5.43 Å². The fourth-order valence-corrected chi connectivity index (χ4v) is 2.04. The number of rotatable bonds is 4. The Bertz CT molecular complexity index is 773. The predicted octanol–water partition coefficient (Wildman–Crippen LogP) is 1.89. The van der Waals surface area contributed by atoms with E-state index in [4.69, 9.17) is 14.2 Å². The van der Waals surface area contributed by atoms with E-state index in [9.17, 15) is 9.90 Å². The number of carbonyl (C=O) groups is 1. The van der Waals surface area contributed by atoms with Crippen molar-refractivity contribution in [2.45, 2.75) is 0 Å². The third-order valence-corrected chi connectivity index (χ3v) is 3.22. The number of benzene rings is 2. The third-order valence-electron chi connectivity index (χ3n) is 3.22. The highest BCUT2D eigenvalue weighted by Gasteiger charge is 2.15. The fraction of sp³-hybridized carbons (Fsp3) is 0.125. The number of hydrazone groups is 1. The van der Waals surface area contributed by atoms with Crippen LogP contribution in [0.4, 0.5) is 0 Å². The van der Waals surface area contributed by atoms with E-state index < -0.39 is 0 Å². The first-order valence-corrected chi connectivity index (χ1v) is 6.77. The van der Waals surface area contributed by atoms with E-state index in [1.165, 1.54) is 19.4 Å². The zero-order valence-electron chi connectivity index (χ0n) is 12.3. The lowest BCUT2D eigenvalue weighted by Crippen LogP contribution is -2.17. The SMILES string of the molecule is COc1cc(/C=N\NC(=O)c2ccc3c(c2)OCO3)ccc1O. The Morgan fingerprint density at radius 3 is 2.91 bits per heavy atom. The molecule has 1 aliphatic heterocycles. The molecule has 2 N–H and O–H groups in total. The number of nitrogens with zero attached hydrogens (tertiary/aromatic N) is 1. The molecule has 2 aromatic rings. The molecule has 118 valence electrons. The standard InChI is InChI=1S/C16H14N2O5/c1-21-14-6-10(2-4-12(14)19)8-17-18-16(20)11-3-5-13-15(7-11)23-9-22-13/h2-8,19H,9H2,1H3,(H,18,20)/b17-8-. The molecule has 0 saturated heterocycles. The number of aromatic hydroxyl groups is 1. The summed E-state index contributed by atoms with van der Waals surface area (Å²) >= 11 is 0. The van der Waals surface area contributed by atoms with Crippen LogP contribution in [0.5, 0.6) is 23.0 Å². The minimum Gasteiger partial charge on any atom is -0.504 e. The molecule has 7 heteroatoms. The van der Waals surface area contributed by atoms with Gasteiger partial charge in [0.2, 0.25) is 6.79 Å². The number of ether oxygens (including phenoxy) is 3. The van der Waals surface area contributed by atoms with Gasteiger partial charge >= 0.3 is 0 Å². The number of amides is 1. The first kappa shape index (κ1) is 14.7. The third kappa shape index (κ3) is 3.18. The van der Waals surface area contributed by atoms with Crippen molar-refractivity contribution in [3.05, 3.63) is 47.5 Å². The van der Waals surface area contributed by atoms with Crippen LogP contribution in [-0.4, -0.2) is 31.1 Å². The van der Waals surface area contributed by atoms with E-state index in [1.807, 2.05) is 0 Å². The van der Waals surface area contributed by atoms with Crippen molar-refractivity contribution in [3.8, 4) is 23.0 Å². The summed E-state index contributed by atoms with van der Waals surface area (Å²) in [5.74, 6) is 1.14. The summed E-state index contributed by atoms with van der Waals surface area (Å²) in [4.78, 5) is 12.0. The van der Waals surface area contributed by atoms with Crippen molar-refractivity contribution in [2.75, 3.05) is 13.9 Å². The highest BCUT2D eigenvalue weighted by molar-refractivity contribution is 5.95. The van der Waals surface area contributed by atoms with Crippen LogP contribution in [0.15, 0.2) is 41.5 Å². The van der Waals surface area contributed by atoms with Crippen molar-refractivity contribution in [3.63, 3.8) is 0 Å². The van der Waals surface area contributed by atoms with E-state index in [2.05, 4.69) is 10.5 Å². The topological polar surface area (TPSA) is 89.4 Å². The molecule has 3 rings (SSSR count). The van der Waals surface area contributed by atoms with Crippen LogP contribution in [0.25, 0.3) is 0 Å². The molecule has 0 radical (unpaired) electrons. The molecule has 0 unspecified atom stereocenters. The van der Waals surface area contributed by atoms with E-state index >= 15 is 0 Å². The van der Waals surface area contributed by atoms with Gasteiger partial charge in [0.15, 0.2) is 23.0 Å². The molecule has 0 aromatic heterocycles. The van der Waals surface area contributed by atoms with Gasteiger partial charge in [-0.05, 0) is 42.0 Å². The molecule has 23 heavy (non-hydrogen) atoms. The zero-order chi connectivity index (χ0) is 16.2. The van der Waals surface area contributed by atoms with Gasteiger partial charge in [0.05, 0.1) is 13.3 Å². The molecule has 0 spiro atoms. The molecule has 0 aliphatic carbocycles. The molecule has 1 amide bonds. The molecule has 1 heterocycles. The van der Waals surface area contributed by atoms with Crippen molar-refractivity contribution < 1.29 is 24.1 Å². The summed E-state index contributed by atoms with van der Waals surface area (Å²) in [6.45, 7) is 0.154. The molecule has 7 nitrogen and oxygen atoms in total. The minimum atomic E-state index is -0.370. The maximum absolute atomic E-state index is 12.0. The molecule has 0 fully saturated rings. The molecule has 1 aliphatic rings. The van der Waals surface area contributed by atoms with Crippen molar-refractivity contribution in [2.24, 2.45) is 5.10 Å². The average molecular weight is 314 g/mol. The Balaban J connectivity index is 1.67. The number of phenols is 1. The van der Waals surface area contributed by atoms with Gasteiger partial charge in [-0.1, -0.05) is 0 Å². The van der Waals surface area contributed by atoms with Crippen LogP contribution in [0.1, 0.15) is 15.9 Å². The first-order chi connectivity index (χ1) is 11.2. The van der Waals surface area contributed by atoms with Gasteiger partial charge in [-0.25, -0.2) is 5.43 Å². The van der Waals surface area contributed by atoms with Crippen LogP contribution in [0.2, 0.25) is 0 Å². The van der Waals surface area contributed by atoms with E-state index in [0.29, 0.717) is 28.4 Å². The molecule has 0 bridgehead atoms. The van der Waals surface area contributed by atoms with Gasteiger partial charge in [0.25, 0.3) is 5.91 Å². The van der Waals surface area contributed by atoms with Crippen LogP contribution < -0.4 is 19.6 Å². The van der Waals surface area contributed by atoms with Crippen molar-refractivity contribution >= 4 is 12.1 Å². The molecular weight excluding hydrogens is 300 g/mol. The maximum Gasteiger partial charge on any atom is 0.271 e. The van der Waals surface area contributed by atoms with Gasteiger partial charge in [-0.15, -0.1) is 0 Å². The van der Waals surface area contributed by atoms with E-state index in [-0.39, 0.29) is 18.4 Å². The summed E-state index contributed by atoms with van der Waals surface area (Å²) in [7, 11) is 1.46. The Morgan fingerprint density at radius 2 is 2.09 bits per heavy atom. The lowest BCUT2D eigenvalue weighted by atomic mass is 10.2. The van der Waals surface area contributed by atoms with Crippen LogP contribution in [0, 0.1) is 0 Å². The monoisotopic (exact) mass is 314 g/mol. The van der Waals surface area contributed by atoms with E-state index in [0.717, 1.165) is 0 Å². The Morgan fingerprint density at radius 1 is 1.26 bits per heavy atom. The zero-order valence-corrected chi connectivity index (χ0v) is 12.3. The van der Waals surface area contributed by atoms with Crippen LogP contribution in [-0.2, 0) is 0 Å². The number of methoxy groups -OCH3 is 1. The second-order valence-electron chi connectivity index (χ2n) is 4.70. The van der Waals surface area contributed by atoms with Gasteiger partial charge < -0.3 is 19.3 Å². The van der Waals surface area contributed by atoms with Gasteiger partial charge in [-0.3, -0.25) is 4.79 Å². The predicted molar refractivity (Wildman–Crippen MR) is 82.3 cm³/mol. The fourth-order valence-electron chi connectivity index (χ4n) is 2.04. The van der Waals surface area contributed by atoms with Gasteiger partial charge in [0, 0.05) is 5.56 Å². The summed E-state index contributed by atoms with van der Waals surface area (Å²) in [5, 5.41) is 13.4. The number of carbonyl (C=O) groups excluding carboxylic acids is 1. The lowest BCUT2D eigenvalue weighted by molar-refractivity contribution is 0.0954. The number of hydrogen-bond acceptors (Lipinski definition) is 6. The molecule has 2 aromatic carbocycles. The van der Waals surface area contributed by atoms with Gasteiger partial charge in [-0.2, -0.15) is 5.10 Å². The summed E-state index contributed by atoms with van der Waals surface area (Å²) < 4.78 is 15.4. The number of fused-ring (bicyclic) bond motifs is 1. The minimum absolute atomic E-state index is 0.0362. The Labute approximate surface area is 132 Å². The highest BCUT2D eigenvalue weighted by Crippen LogP contribution is 2.32. The van der Waals surface area contributed by atoms with Gasteiger partial charge in [0.1, 0.15) is 0 Å². The maximum atomic E-state index is 12.0. The molecule has 0 atom stereocenters. The number of nitrogens with one attached hydrogen (secondary N) is 1. The van der Waals surface area contributed by atoms with Crippen LogP contribution >= 0.6 is 0 Å². The molecule has 0 saturated carbocycles. The van der Waals surface area contributed by atoms with E-state index in [1.54, 1.807) is 30.3 Å². The number of hydrogen-bond donors (Lipinski definition) is 2. The van der Waals surface area contributed by atoms with Crippen LogP contribution in [0.3, 0.4) is 0 Å². The normalized spacial score (nSPS) is 12.4. The smallest absolute Gasteiger partial charge is 0.271 e. The average Bonchev–Trinajstić information content (AvgIpc) is 3.03. The summed E-state index contributed by atoms with van der Waals surface area (Å²) in [6.07, 6.45) is 1.45. The Kier molecular flexibility index (Phi) is 4.01. The summed E-state index contributed by atoms with van der Waals surface area (Å²) in [6, 6.07) is 9.63. The highest BCUT2D eigenvalue weighted by atomic mass is 16.7. The quantitative estimate of drug-likeness (QED) is 0.664. The Hall–Kier alpha value is -3.22. The van der Waals surface area contributed by atoms with Crippen molar-refractivity contribution in [1.29, 1.82) is 0 Å². The first-order valence-electron chi connectivity index (χ1n) is 6.77.